The topological polar surface area (TPSA) is 98.5 Å². The van der Waals surface area contributed by atoms with E-state index >= 15 is 0 Å². The molecule has 1 atom stereocenters. The lowest BCUT2D eigenvalue weighted by Crippen LogP contribution is -2.42. The number of hydrogen-bond donors (Lipinski definition) is 2. The normalized spacial score (nSPS) is 11.6. The van der Waals surface area contributed by atoms with Gasteiger partial charge in [0.15, 0.2) is 0 Å². The van der Waals surface area contributed by atoms with Crippen molar-refractivity contribution in [1.82, 2.24) is 5.32 Å². The lowest BCUT2D eigenvalue weighted by molar-refractivity contribution is -0.144. The molecule has 74 valence electrons. The molecule has 0 fully saturated rings. The second-order valence-electron chi connectivity index (χ2n) is 2.33. The third kappa shape index (κ3) is 3.66. The predicted octanol–water partition coefficient (Wildman–Crippen LogP) is -1.81. The molecular formula is C7H12N2O4. The smallest absolute Gasteiger partial charge is 0.307 e. The quantitative estimate of drug-likeness (QED) is 0.400. The molecule has 1 unspecified atom stereocenters. The van der Waals surface area contributed by atoms with E-state index < -0.39 is 23.7 Å². The van der Waals surface area contributed by atoms with E-state index in [1.807, 2.05) is 0 Å². The molecule has 0 aliphatic heterocycles. The third-order valence-corrected chi connectivity index (χ3v) is 1.40. The van der Waals surface area contributed by atoms with Gasteiger partial charge in [-0.15, -0.1) is 0 Å². The minimum atomic E-state index is -1.13. The number of ether oxygens (including phenoxy) is 1. The molecule has 0 bridgehead atoms. The van der Waals surface area contributed by atoms with Gasteiger partial charge in [0, 0.05) is 7.05 Å². The van der Waals surface area contributed by atoms with Crippen LogP contribution in [0.4, 0.5) is 0 Å². The van der Waals surface area contributed by atoms with E-state index in [0.29, 0.717) is 0 Å². The van der Waals surface area contributed by atoms with Gasteiger partial charge in [-0.3, -0.25) is 14.4 Å². The van der Waals surface area contributed by atoms with E-state index in [4.69, 9.17) is 5.73 Å². The highest BCUT2D eigenvalue weighted by Crippen LogP contribution is 1.92. The van der Waals surface area contributed by atoms with Crippen molar-refractivity contribution in [2.75, 3.05) is 14.2 Å². The Morgan fingerprint density at radius 2 is 2.00 bits per heavy atom. The maximum absolute atomic E-state index is 11.0. The van der Waals surface area contributed by atoms with Crippen LogP contribution in [-0.4, -0.2) is 37.9 Å². The van der Waals surface area contributed by atoms with Crippen LogP contribution in [0.15, 0.2) is 0 Å². The van der Waals surface area contributed by atoms with Crippen LogP contribution in [0.5, 0.6) is 0 Å². The Hall–Kier alpha value is -1.43. The van der Waals surface area contributed by atoms with E-state index in [9.17, 15) is 14.4 Å². The van der Waals surface area contributed by atoms with Crippen LogP contribution in [0.3, 0.4) is 0 Å². The van der Waals surface area contributed by atoms with E-state index in [1.165, 1.54) is 14.2 Å². The average molecular weight is 188 g/mol. The van der Waals surface area contributed by atoms with Gasteiger partial charge < -0.3 is 15.8 Å². The van der Waals surface area contributed by atoms with Gasteiger partial charge in [-0.25, -0.2) is 0 Å². The highest BCUT2D eigenvalue weighted by molar-refractivity contribution is 6.38. The highest BCUT2D eigenvalue weighted by atomic mass is 16.5. The maximum atomic E-state index is 11.0. The summed E-state index contributed by atoms with van der Waals surface area (Å²) in [5, 5.41) is 2.12. The first kappa shape index (κ1) is 11.6. The average Bonchev–Trinajstić information content (AvgIpc) is 2.14. The fraction of sp³-hybridized carbons (Fsp3) is 0.571. The predicted molar refractivity (Wildman–Crippen MR) is 43.7 cm³/mol. The summed E-state index contributed by atoms with van der Waals surface area (Å²) in [4.78, 5) is 32.4. The minimum absolute atomic E-state index is 0.289. The van der Waals surface area contributed by atoms with Crippen molar-refractivity contribution in [2.45, 2.75) is 12.5 Å². The number of rotatable bonds is 4. The van der Waals surface area contributed by atoms with Crippen molar-refractivity contribution < 1.29 is 19.1 Å². The Bertz CT molecular complexity index is 227. The molecule has 0 aromatic carbocycles. The minimum Gasteiger partial charge on any atom is -0.469 e. The molecule has 0 aliphatic rings. The Balaban J connectivity index is 4.11. The number of esters is 1. The molecule has 0 spiro atoms. The number of nitrogens with two attached hydrogens (primary N) is 1. The summed E-state index contributed by atoms with van der Waals surface area (Å²) in [6.07, 6.45) is -0.289. The molecular weight excluding hydrogens is 176 g/mol. The summed E-state index contributed by atoms with van der Waals surface area (Å²) < 4.78 is 4.28. The first-order valence-electron chi connectivity index (χ1n) is 3.61. The standard InChI is InChI=1S/C7H12N2O4/c1-9-7(12)6(11)4(8)3-5(10)13-2/h4H,3,8H2,1-2H3,(H,9,12). The number of carbonyl (C=O) groups excluding carboxylic acids is 3. The van der Waals surface area contributed by atoms with Gasteiger partial charge in [-0.2, -0.15) is 0 Å². The second kappa shape index (κ2) is 5.26. The van der Waals surface area contributed by atoms with Gasteiger partial charge in [0.25, 0.3) is 5.91 Å². The molecule has 0 saturated carbocycles. The van der Waals surface area contributed by atoms with Gasteiger partial charge in [-0.1, -0.05) is 0 Å². The van der Waals surface area contributed by atoms with Gasteiger partial charge in [0.1, 0.15) is 0 Å². The van der Waals surface area contributed by atoms with Crippen molar-refractivity contribution in [1.29, 1.82) is 0 Å². The van der Waals surface area contributed by atoms with Gasteiger partial charge in [-0.05, 0) is 0 Å². The Morgan fingerprint density at radius 1 is 1.46 bits per heavy atom. The number of amides is 1. The summed E-state index contributed by atoms with van der Waals surface area (Å²) in [7, 11) is 2.49. The van der Waals surface area contributed by atoms with Crippen molar-refractivity contribution >= 4 is 17.7 Å². The zero-order valence-electron chi connectivity index (χ0n) is 7.49. The van der Waals surface area contributed by atoms with E-state index in [0.717, 1.165) is 0 Å². The number of likely N-dealkylation sites (N-methyl/N-ethyl adjacent to an activating group) is 1. The Morgan fingerprint density at radius 3 is 2.38 bits per heavy atom. The summed E-state index contributed by atoms with van der Waals surface area (Å²) in [6.45, 7) is 0. The number of ketones is 1. The largest absolute Gasteiger partial charge is 0.469 e. The molecule has 0 aliphatic carbocycles. The van der Waals surface area contributed by atoms with Crippen LogP contribution in [-0.2, 0) is 19.1 Å². The van der Waals surface area contributed by atoms with Gasteiger partial charge >= 0.3 is 5.97 Å². The van der Waals surface area contributed by atoms with Crippen molar-refractivity contribution in [3.8, 4) is 0 Å². The molecule has 0 aromatic heterocycles. The number of carbonyl (C=O) groups is 3. The molecule has 0 heterocycles. The molecule has 0 rings (SSSR count). The van der Waals surface area contributed by atoms with Crippen LogP contribution in [0.2, 0.25) is 0 Å². The lowest BCUT2D eigenvalue weighted by Gasteiger charge is -2.06. The van der Waals surface area contributed by atoms with Crippen LogP contribution in [0, 0.1) is 0 Å². The number of Topliss-reactive ketones (excluding diaryl/α,β-unsaturated/α-hetero) is 1. The SMILES string of the molecule is CNC(=O)C(=O)C(N)CC(=O)OC. The number of nitrogens with one attached hydrogen (secondary N) is 1. The maximum Gasteiger partial charge on any atom is 0.307 e. The Kier molecular flexibility index (Phi) is 4.68. The van der Waals surface area contributed by atoms with Crippen LogP contribution >= 0.6 is 0 Å². The van der Waals surface area contributed by atoms with Crippen molar-refractivity contribution in [3.05, 3.63) is 0 Å². The molecule has 0 radical (unpaired) electrons. The number of hydrogen-bond acceptors (Lipinski definition) is 5. The van der Waals surface area contributed by atoms with Gasteiger partial charge in [0.05, 0.1) is 19.6 Å². The Labute approximate surface area is 75.4 Å². The molecule has 6 heteroatoms. The lowest BCUT2D eigenvalue weighted by atomic mass is 10.1. The van der Waals surface area contributed by atoms with E-state index in [-0.39, 0.29) is 6.42 Å². The van der Waals surface area contributed by atoms with Crippen molar-refractivity contribution in [3.63, 3.8) is 0 Å². The molecule has 13 heavy (non-hydrogen) atoms. The summed E-state index contributed by atoms with van der Waals surface area (Å²) in [5.41, 5.74) is 5.26. The van der Waals surface area contributed by atoms with Crippen LogP contribution < -0.4 is 11.1 Å². The number of methoxy groups -OCH3 is 1. The molecule has 0 aromatic rings. The van der Waals surface area contributed by atoms with E-state index in [1.54, 1.807) is 0 Å². The first-order chi connectivity index (χ1) is 6.02. The van der Waals surface area contributed by atoms with Crippen molar-refractivity contribution in [2.24, 2.45) is 5.73 Å². The monoisotopic (exact) mass is 188 g/mol. The third-order valence-electron chi connectivity index (χ3n) is 1.40. The molecule has 1 amide bonds. The second-order valence-corrected chi connectivity index (χ2v) is 2.33. The summed E-state index contributed by atoms with van der Waals surface area (Å²) in [5.74, 6) is -2.26. The fourth-order valence-corrected chi connectivity index (χ4v) is 0.647. The molecule has 0 saturated heterocycles. The van der Waals surface area contributed by atoms with Crippen LogP contribution in [0.25, 0.3) is 0 Å². The van der Waals surface area contributed by atoms with Crippen LogP contribution in [0.1, 0.15) is 6.42 Å². The molecule has 3 N–H and O–H groups in total. The fourth-order valence-electron chi connectivity index (χ4n) is 0.647. The van der Waals surface area contributed by atoms with E-state index in [2.05, 4.69) is 10.1 Å². The first-order valence-corrected chi connectivity index (χ1v) is 3.61. The van der Waals surface area contributed by atoms with Gasteiger partial charge in [0.2, 0.25) is 5.78 Å². The molecule has 6 nitrogen and oxygen atoms in total. The zero-order valence-corrected chi connectivity index (χ0v) is 7.49. The summed E-state index contributed by atoms with van der Waals surface area (Å²) >= 11 is 0. The summed E-state index contributed by atoms with van der Waals surface area (Å²) in [6, 6.07) is -1.13. The zero-order chi connectivity index (χ0) is 10.4. The highest BCUT2D eigenvalue weighted by Gasteiger charge is 2.23.